The second-order valence-corrected chi connectivity index (χ2v) is 23.7. The van der Waals surface area contributed by atoms with Crippen LogP contribution in [0.3, 0.4) is 0 Å². The fourth-order valence-corrected chi connectivity index (χ4v) is 15.8. The van der Waals surface area contributed by atoms with Gasteiger partial charge in [-0.25, -0.2) is 0 Å². The van der Waals surface area contributed by atoms with Crippen LogP contribution in [0.2, 0.25) is 0 Å². The van der Waals surface area contributed by atoms with Gasteiger partial charge in [-0.1, -0.05) is 142 Å². The van der Waals surface area contributed by atoms with E-state index in [0.717, 1.165) is 12.8 Å². The molecule has 0 aliphatic heterocycles. The molecular formula is C56H82O2. The lowest BCUT2D eigenvalue weighted by atomic mass is 9.44. The molecule has 0 saturated heterocycles. The van der Waals surface area contributed by atoms with Gasteiger partial charge in [-0.05, 0) is 169 Å². The largest absolute Gasteiger partial charge is 0.295 e. The van der Waals surface area contributed by atoms with Crippen molar-refractivity contribution in [1.29, 1.82) is 0 Å². The van der Waals surface area contributed by atoms with Gasteiger partial charge in [-0.2, -0.15) is 0 Å². The molecule has 0 N–H and O–H groups in total. The number of ketones is 2. The first-order valence-corrected chi connectivity index (χ1v) is 24.6. The maximum atomic E-state index is 13.6. The van der Waals surface area contributed by atoms with E-state index >= 15 is 0 Å². The van der Waals surface area contributed by atoms with Gasteiger partial charge in [0.25, 0.3) is 0 Å². The van der Waals surface area contributed by atoms with Crippen LogP contribution in [-0.2, 0) is 9.59 Å². The molecule has 0 aromatic carbocycles. The number of allylic oxidation sites excluding steroid dienone is 12. The molecule has 0 amide bonds. The molecule has 58 heavy (non-hydrogen) atoms. The van der Waals surface area contributed by atoms with Crippen molar-refractivity contribution in [1.82, 2.24) is 0 Å². The molecule has 8 rings (SSSR count). The third-order valence-corrected chi connectivity index (χ3v) is 20.3. The van der Waals surface area contributed by atoms with Crippen molar-refractivity contribution in [3.63, 3.8) is 0 Å². The Hall–Kier alpha value is -2.22. The smallest absolute Gasteiger partial charge is 0.155 e. The lowest BCUT2D eigenvalue weighted by Crippen LogP contribution is -2.51. The minimum absolute atomic E-state index is 0.000290. The molecule has 2 heteroatoms. The highest BCUT2D eigenvalue weighted by molar-refractivity contribution is 5.93. The van der Waals surface area contributed by atoms with Crippen LogP contribution in [0.5, 0.6) is 0 Å². The Kier molecular flexibility index (Phi) is 11.2. The van der Waals surface area contributed by atoms with E-state index in [1.54, 1.807) is 11.1 Å². The summed E-state index contributed by atoms with van der Waals surface area (Å²) < 4.78 is 0. The standard InChI is InChI=1S/C56H82O2/c1-33(2)35(5)13-15-37(7)45-17-19-47-43-31-41(51-29-39(57)21-25-55(51,11)49(43)23-27-53(45,47)9)42-32-44-48-20-18-46(38(8)16-14-36(6)34(3)4)54(48,10)28-24-50(44)56(12)26-22-40(58)30-52(42)56/h13-16,29-38,41-42,45-50H,17-28H2,1-12H3. The highest BCUT2D eigenvalue weighted by Crippen LogP contribution is 2.71. The van der Waals surface area contributed by atoms with Gasteiger partial charge in [0.05, 0.1) is 0 Å². The predicted molar refractivity (Wildman–Crippen MR) is 243 cm³/mol. The van der Waals surface area contributed by atoms with Crippen LogP contribution in [0.4, 0.5) is 0 Å². The first kappa shape index (κ1) is 42.5. The molecule has 0 heterocycles. The Morgan fingerprint density at radius 1 is 0.500 bits per heavy atom. The number of hydrogen-bond donors (Lipinski definition) is 0. The van der Waals surface area contributed by atoms with Gasteiger partial charge in [-0.15, -0.1) is 0 Å². The molecule has 2 nitrogen and oxygen atoms in total. The van der Waals surface area contributed by atoms with Crippen LogP contribution in [-0.4, -0.2) is 11.6 Å². The zero-order valence-corrected chi connectivity index (χ0v) is 39.0. The van der Waals surface area contributed by atoms with E-state index in [1.807, 2.05) is 0 Å². The van der Waals surface area contributed by atoms with Crippen molar-refractivity contribution in [2.24, 2.45) is 105 Å². The Balaban J connectivity index is 1.21. The van der Waals surface area contributed by atoms with Crippen LogP contribution >= 0.6 is 0 Å². The van der Waals surface area contributed by atoms with Crippen LogP contribution in [0, 0.1) is 105 Å². The summed E-state index contributed by atoms with van der Waals surface area (Å²) in [6.07, 6.45) is 33.6. The Bertz CT molecular complexity index is 1700. The molecule has 0 radical (unpaired) electrons. The highest BCUT2D eigenvalue weighted by atomic mass is 16.1. The van der Waals surface area contributed by atoms with Crippen LogP contribution in [0.15, 0.2) is 70.9 Å². The summed E-state index contributed by atoms with van der Waals surface area (Å²) in [5, 5.41) is 0. The molecule has 318 valence electrons. The lowest BCUT2D eigenvalue weighted by molar-refractivity contribution is -0.117. The summed E-state index contributed by atoms with van der Waals surface area (Å²) in [7, 11) is 0. The van der Waals surface area contributed by atoms with E-state index in [0.29, 0.717) is 106 Å². The van der Waals surface area contributed by atoms with E-state index in [1.165, 1.54) is 62.5 Å². The SMILES string of the molecule is CC(C)C(C)C=CC(C)C1CCC2C3=CC(C4C=C5C(CCC6(C)C5CCC6C(C)C=CC(C)C(C)C)C5(C)CCC(=O)C=C45)C4=CC(=O)CCC4(C)C3CCC21C. The lowest BCUT2D eigenvalue weighted by Gasteiger charge is -2.60. The van der Waals surface area contributed by atoms with Crippen molar-refractivity contribution in [2.75, 3.05) is 0 Å². The van der Waals surface area contributed by atoms with E-state index in [4.69, 9.17) is 0 Å². The minimum atomic E-state index is -0.000290. The predicted octanol–water partition coefficient (Wildman–Crippen LogP) is 14.5. The average Bonchev–Trinajstić information content (AvgIpc) is 3.73. The quantitative estimate of drug-likeness (QED) is 0.218. The van der Waals surface area contributed by atoms with Gasteiger partial charge in [-0.3, -0.25) is 9.59 Å². The molecule has 4 saturated carbocycles. The first-order chi connectivity index (χ1) is 27.3. The van der Waals surface area contributed by atoms with E-state index in [-0.39, 0.29) is 22.7 Å². The Morgan fingerprint density at radius 3 is 1.24 bits per heavy atom. The van der Waals surface area contributed by atoms with Gasteiger partial charge in [0.2, 0.25) is 0 Å². The van der Waals surface area contributed by atoms with Gasteiger partial charge in [0, 0.05) is 24.7 Å². The zero-order valence-electron chi connectivity index (χ0n) is 39.0. The number of fused-ring (bicyclic) bond motifs is 10. The molecule has 0 spiro atoms. The third-order valence-electron chi connectivity index (χ3n) is 20.3. The van der Waals surface area contributed by atoms with Crippen molar-refractivity contribution < 1.29 is 9.59 Å². The molecular weight excluding hydrogens is 705 g/mol. The minimum Gasteiger partial charge on any atom is -0.295 e. The van der Waals surface area contributed by atoms with Crippen LogP contribution in [0.1, 0.15) is 160 Å². The summed E-state index contributed by atoms with van der Waals surface area (Å²) in [5.74, 6) is 8.32. The number of carbonyl (C=O) groups is 2. The van der Waals surface area contributed by atoms with E-state index in [2.05, 4.69) is 132 Å². The second-order valence-electron chi connectivity index (χ2n) is 23.7. The molecule has 16 atom stereocenters. The average molecular weight is 787 g/mol. The first-order valence-electron chi connectivity index (χ1n) is 24.6. The van der Waals surface area contributed by atoms with Crippen molar-refractivity contribution in [3.05, 3.63) is 70.9 Å². The molecule has 8 aliphatic rings. The van der Waals surface area contributed by atoms with Crippen molar-refractivity contribution in [3.8, 4) is 0 Å². The summed E-state index contributed by atoms with van der Waals surface area (Å²) in [6, 6.07) is 0. The highest BCUT2D eigenvalue weighted by Gasteiger charge is 2.62. The molecule has 0 aromatic rings. The van der Waals surface area contributed by atoms with Gasteiger partial charge < -0.3 is 0 Å². The second kappa shape index (κ2) is 15.3. The molecule has 8 aliphatic carbocycles. The number of rotatable bonds is 9. The summed E-state index contributed by atoms with van der Waals surface area (Å²) in [5.41, 5.74) is 6.92. The third kappa shape index (κ3) is 6.68. The number of carbonyl (C=O) groups excluding carboxylic acids is 2. The fourth-order valence-electron chi connectivity index (χ4n) is 15.8. The van der Waals surface area contributed by atoms with E-state index in [9.17, 15) is 9.59 Å². The normalized spacial score (nSPS) is 44.4. The van der Waals surface area contributed by atoms with E-state index < -0.39 is 0 Å². The van der Waals surface area contributed by atoms with Gasteiger partial charge in [0.15, 0.2) is 11.6 Å². The molecule has 4 fully saturated rings. The number of hydrogen-bond acceptors (Lipinski definition) is 2. The van der Waals surface area contributed by atoms with Crippen LogP contribution < -0.4 is 0 Å². The fraction of sp³-hybridized carbons (Fsp3) is 0.750. The van der Waals surface area contributed by atoms with Gasteiger partial charge >= 0.3 is 0 Å². The summed E-state index contributed by atoms with van der Waals surface area (Å²) in [6.45, 7) is 29.6. The monoisotopic (exact) mass is 787 g/mol. The topological polar surface area (TPSA) is 34.1 Å². The Morgan fingerprint density at radius 2 is 0.879 bits per heavy atom. The van der Waals surface area contributed by atoms with Crippen molar-refractivity contribution in [2.45, 2.75) is 160 Å². The zero-order chi connectivity index (χ0) is 41.7. The van der Waals surface area contributed by atoms with Crippen LogP contribution in [0.25, 0.3) is 0 Å². The molecule has 0 aromatic heterocycles. The Labute approximate surface area is 355 Å². The van der Waals surface area contributed by atoms with Gasteiger partial charge in [0.1, 0.15) is 0 Å². The summed E-state index contributed by atoms with van der Waals surface area (Å²) >= 11 is 0. The maximum absolute atomic E-state index is 13.6. The molecule has 0 bridgehead atoms. The molecule has 16 unspecified atom stereocenters. The maximum Gasteiger partial charge on any atom is 0.155 e. The van der Waals surface area contributed by atoms with Crippen molar-refractivity contribution >= 4 is 11.6 Å². The summed E-state index contributed by atoms with van der Waals surface area (Å²) in [4.78, 5) is 27.2.